The number of amides is 1. The van der Waals surface area contributed by atoms with Gasteiger partial charge in [0.2, 0.25) is 10.0 Å². The number of rotatable bonds is 7. The molecule has 0 N–H and O–H groups in total. The Morgan fingerprint density at radius 1 is 1.08 bits per heavy atom. The monoisotopic (exact) mass is 536 g/mol. The molecule has 10 heteroatoms. The quantitative estimate of drug-likeness (QED) is 0.247. The lowest BCUT2D eigenvalue weighted by molar-refractivity contribution is -0.121. The molecule has 2 aliphatic rings. The predicted molar refractivity (Wildman–Crippen MR) is 147 cm³/mol. The lowest BCUT2D eigenvalue weighted by atomic mass is 10.1. The van der Waals surface area contributed by atoms with Crippen molar-refractivity contribution in [2.75, 3.05) is 19.6 Å². The van der Waals surface area contributed by atoms with Crippen LogP contribution in [-0.2, 0) is 14.8 Å². The highest BCUT2D eigenvalue weighted by molar-refractivity contribution is 8.26. The molecule has 0 unspecified atom stereocenters. The third-order valence-electron chi connectivity index (χ3n) is 6.05. The summed E-state index contributed by atoms with van der Waals surface area (Å²) in [7, 11) is -3.59. The van der Waals surface area contributed by atoms with Gasteiger partial charge in [-0.1, -0.05) is 60.4 Å². The summed E-state index contributed by atoms with van der Waals surface area (Å²) < 4.78 is 30.1. The Morgan fingerprint density at radius 3 is 2.56 bits per heavy atom. The summed E-state index contributed by atoms with van der Waals surface area (Å²) >= 11 is 6.61. The topological polar surface area (TPSA) is 75.5 Å². The molecule has 1 aromatic heterocycles. The first kappa shape index (κ1) is 24.6. The van der Waals surface area contributed by atoms with Crippen LogP contribution in [0.25, 0.3) is 23.0 Å². The van der Waals surface area contributed by atoms with Crippen LogP contribution < -0.4 is 0 Å². The Morgan fingerprint density at radius 2 is 1.83 bits per heavy atom. The van der Waals surface area contributed by atoms with Crippen LogP contribution in [0, 0.1) is 0 Å². The zero-order valence-corrected chi connectivity index (χ0v) is 21.9. The molecule has 0 atom stereocenters. The number of sulfonamides is 1. The Bertz CT molecular complexity index is 1470. The number of benzene rings is 2. The average molecular weight is 537 g/mol. The maximum absolute atomic E-state index is 13.2. The van der Waals surface area contributed by atoms with Crippen molar-refractivity contribution in [3.63, 3.8) is 0 Å². The molecule has 0 saturated carbocycles. The minimum Gasteiger partial charge on any atom is -0.289 e. The molecule has 0 radical (unpaired) electrons. The van der Waals surface area contributed by atoms with Gasteiger partial charge in [0.15, 0.2) is 0 Å². The molecule has 36 heavy (non-hydrogen) atoms. The molecule has 5 rings (SSSR count). The summed E-state index contributed by atoms with van der Waals surface area (Å²) in [6.07, 6.45) is 6.99. The summed E-state index contributed by atoms with van der Waals surface area (Å²) in [6.45, 7) is 5.11. The average Bonchev–Trinajstić information content (AvgIpc) is 3.63. The molecular weight excluding hydrogens is 513 g/mol. The first-order valence-electron chi connectivity index (χ1n) is 11.5. The van der Waals surface area contributed by atoms with Gasteiger partial charge >= 0.3 is 0 Å². The molecule has 7 nitrogen and oxygen atoms in total. The van der Waals surface area contributed by atoms with Crippen LogP contribution in [0.1, 0.15) is 18.4 Å². The van der Waals surface area contributed by atoms with Crippen molar-refractivity contribution < 1.29 is 13.2 Å². The van der Waals surface area contributed by atoms with Crippen molar-refractivity contribution in [2.45, 2.75) is 17.7 Å². The van der Waals surface area contributed by atoms with Crippen LogP contribution in [0.5, 0.6) is 0 Å². The van der Waals surface area contributed by atoms with Gasteiger partial charge in [0, 0.05) is 37.0 Å². The van der Waals surface area contributed by atoms with Crippen molar-refractivity contribution >= 4 is 50.3 Å². The summed E-state index contributed by atoms with van der Waals surface area (Å²) in [6, 6.07) is 16.5. The second kappa shape index (κ2) is 10.1. The first-order valence-corrected chi connectivity index (χ1v) is 14.2. The van der Waals surface area contributed by atoms with Gasteiger partial charge in [-0.2, -0.15) is 9.40 Å². The highest BCUT2D eigenvalue weighted by Gasteiger charge is 2.32. The Balaban J connectivity index is 1.60. The largest absolute Gasteiger partial charge is 0.289 e. The van der Waals surface area contributed by atoms with Gasteiger partial charge in [0.05, 0.1) is 15.5 Å². The molecule has 0 bridgehead atoms. The smallest absolute Gasteiger partial charge is 0.266 e. The van der Waals surface area contributed by atoms with Gasteiger partial charge in [0.25, 0.3) is 5.91 Å². The second-order valence-electron chi connectivity index (χ2n) is 8.43. The van der Waals surface area contributed by atoms with Crippen LogP contribution >= 0.6 is 24.0 Å². The number of hydrogen-bond donors (Lipinski definition) is 0. The number of thioether (sulfide) groups is 1. The number of aromatic nitrogens is 2. The second-order valence-corrected chi connectivity index (χ2v) is 12.0. The summed E-state index contributed by atoms with van der Waals surface area (Å²) in [4.78, 5) is 15.2. The Kier molecular flexibility index (Phi) is 6.94. The number of nitrogens with zero attached hydrogens (tertiary/aromatic N) is 4. The maximum Gasteiger partial charge on any atom is 0.266 e. The SMILES string of the molecule is C=CCN1C(=O)C(=Cc2cn(-c3ccccc3)nc2-c2cccc(S(=O)(=O)N3CCCC3)c2)SC1=S. The number of thiocarbonyl (C=S) groups is 1. The molecule has 3 heterocycles. The van der Waals surface area contributed by atoms with Crippen LogP contribution in [-0.4, -0.2) is 57.3 Å². The van der Waals surface area contributed by atoms with E-state index >= 15 is 0 Å². The molecule has 2 fully saturated rings. The van der Waals surface area contributed by atoms with E-state index in [0.29, 0.717) is 45.7 Å². The van der Waals surface area contributed by atoms with Gasteiger partial charge in [-0.05, 0) is 43.2 Å². The summed E-state index contributed by atoms with van der Waals surface area (Å²) in [5.74, 6) is -0.186. The maximum atomic E-state index is 13.2. The Hall–Kier alpha value is -3.05. The van der Waals surface area contributed by atoms with E-state index in [1.165, 1.54) is 21.0 Å². The van der Waals surface area contributed by atoms with Crippen LogP contribution in [0.2, 0.25) is 0 Å². The number of para-hydroxylation sites is 1. The van der Waals surface area contributed by atoms with Crippen molar-refractivity contribution in [3.05, 3.63) is 83.9 Å². The first-order chi connectivity index (χ1) is 17.4. The van der Waals surface area contributed by atoms with E-state index in [0.717, 1.165) is 18.5 Å². The standard InChI is InChI=1S/C26H24N4O3S3/c1-2-13-29-25(31)23(35-26(29)34)17-20-18-30(21-10-4-3-5-11-21)27-24(20)19-9-8-12-22(16-19)36(32,33)28-14-6-7-15-28/h2-5,8-12,16-18H,1,6-7,13-15H2. The number of carbonyl (C=O) groups excluding carboxylic acids is 1. The molecule has 0 aliphatic carbocycles. The highest BCUT2D eigenvalue weighted by Crippen LogP contribution is 2.35. The van der Waals surface area contributed by atoms with E-state index in [2.05, 4.69) is 6.58 Å². The van der Waals surface area contributed by atoms with Crippen LogP contribution in [0.15, 0.2) is 83.2 Å². The van der Waals surface area contributed by atoms with Gasteiger partial charge in [-0.15, -0.1) is 6.58 Å². The van der Waals surface area contributed by atoms with E-state index in [9.17, 15) is 13.2 Å². The third-order valence-corrected chi connectivity index (χ3v) is 9.32. The summed E-state index contributed by atoms with van der Waals surface area (Å²) in [5, 5.41) is 4.79. The van der Waals surface area contributed by atoms with E-state index in [1.807, 2.05) is 42.6 Å². The van der Waals surface area contributed by atoms with Crippen molar-refractivity contribution in [1.82, 2.24) is 19.0 Å². The molecule has 2 aromatic carbocycles. The third kappa shape index (κ3) is 4.69. The minimum absolute atomic E-state index is 0.186. The van der Waals surface area contributed by atoms with E-state index in [-0.39, 0.29) is 10.8 Å². The zero-order valence-electron chi connectivity index (χ0n) is 19.4. The van der Waals surface area contributed by atoms with Crippen molar-refractivity contribution in [1.29, 1.82) is 0 Å². The lowest BCUT2D eigenvalue weighted by Gasteiger charge is -2.16. The molecule has 2 saturated heterocycles. The Labute approximate surface area is 220 Å². The predicted octanol–water partition coefficient (Wildman–Crippen LogP) is 4.71. The fraction of sp³-hybridized carbons (Fsp3) is 0.192. The minimum atomic E-state index is -3.59. The van der Waals surface area contributed by atoms with Gasteiger partial charge < -0.3 is 0 Å². The molecular formula is C26H24N4O3S3. The fourth-order valence-corrected chi connectivity index (χ4v) is 7.07. The van der Waals surface area contributed by atoms with Crippen LogP contribution in [0.4, 0.5) is 0 Å². The highest BCUT2D eigenvalue weighted by atomic mass is 32.2. The van der Waals surface area contributed by atoms with Crippen LogP contribution in [0.3, 0.4) is 0 Å². The van der Waals surface area contributed by atoms with Crippen molar-refractivity contribution in [3.8, 4) is 16.9 Å². The normalized spacial score (nSPS) is 17.9. The summed E-state index contributed by atoms with van der Waals surface area (Å²) in [5.41, 5.74) is 2.76. The molecule has 0 spiro atoms. The molecule has 184 valence electrons. The number of hydrogen-bond acceptors (Lipinski definition) is 6. The van der Waals surface area contributed by atoms with Gasteiger partial charge in [-0.25, -0.2) is 13.1 Å². The van der Waals surface area contributed by atoms with E-state index in [1.54, 1.807) is 35.0 Å². The fourth-order valence-electron chi connectivity index (χ4n) is 4.24. The van der Waals surface area contributed by atoms with Gasteiger partial charge in [-0.3, -0.25) is 9.69 Å². The molecule has 3 aromatic rings. The van der Waals surface area contributed by atoms with E-state index < -0.39 is 10.0 Å². The van der Waals surface area contributed by atoms with Crippen molar-refractivity contribution in [2.24, 2.45) is 0 Å². The number of carbonyl (C=O) groups is 1. The lowest BCUT2D eigenvalue weighted by Crippen LogP contribution is -2.27. The van der Waals surface area contributed by atoms with E-state index in [4.69, 9.17) is 17.3 Å². The van der Waals surface area contributed by atoms with Gasteiger partial charge in [0.1, 0.15) is 10.0 Å². The zero-order chi connectivity index (χ0) is 25.3. The molecule has 1 amide bonds. The molecule has 2 aliphatic heterocycles.